The highest BCUT2D eigenvalue weighted by molar-refractivity contribution is 7.21. The third kappa shape index (κ3) is 3.97. The van der Waals surface area contributed by atoms with Crippen LogP contribution >= 0.6 is 22.9 Å². The molecular formula is C18H13ClFNO3S. The van der Waals surface area contributed by atoms with E-state index in [0.717, 1.165) is 16.9 Å². The molecule has 1 aromatic heterocycles. The first-order valence-corrected chi connectivity index (χ1v) is 8.54. The lowest BCUT2D eigenvalue weighted by atomic mass is 10.2. The van der Waals surface area contributed by atoms with Crippen LogP contribution in [0.25, 0.3) is 10.1 Å². The molecule has 0 radical (unpaired) electrons. The van der Waals surface area contributed by atoms with Gasteiger partial charge in [0, 0.05) is 15.8 Å². The van der Waals surface area contributed by atoms with E-state index in [1.165, 1.54) is 18.2 Å². The molecule has 0 spiro atoms. The molecule has 0 atom stereocenters. The van der Waals surface area contributed by atoms with E-state index in [1.54, 1.807) is 12.1 Å². The summed E-state index contributed by atoms with van der Waals surface area (Å²) in [6.45, 7) is 1.50. The zero-order valence-electron chi connectivity index (χ0n) is 13.1. The molecule has 0 unspecified atom stereocenters. The van der Waals surface area contributed by atoms with E-state index in [1.807, 2.05) is 19.1 Å². The standard InChI is InChI=1S/C18H13ClFNO3S/c1-10-2-5-12(6-3-10)21-15(22)9-24-18(23)17-16(19)13-7-4-11(20)8-14(13)25-17/h2-8H,9H2,1H3,(H,21,22). The fraction of sp³-hybridized carbons (Fsp3) is 0.111. The second-order valence-corrected chi connectivity index (χ2v) is 6.81. The summed E-state index contributed by atoms with van der Waals surface area (Å²) in [5.74, 6) is -1.59. The van der Waals surface area contributed by atoms with Crippen LogP contribution in [-0.2, 0) is 9.53 Å². The van der Waals surface area contributed by atoms with Crippen molar-refractivity contribution in [2.45, 2.75) is 6.92 Å². The van der Waals surface area contributed by atoms with Gasteiger partial charge in [-0.2, -0.15) is 0 Å². The molecule has 128 valence electrons. The average Bonchev–Trinajstić information content (AvgIpc) is 2.91. The largest absolute Gasteiger partial charge is 0.451 e. The van der Waals surface area contributed by atoms with Crippen LogP contribution in [-0.4, -0.2) is 18.5 Å². The fourth-order valence-corrected chi connectivity index (χ4v) is 3.63. The quantitative estimate of drug-likeness (QED) is 0.664. The number of benzene rings is 2. The van der Waals surface area contributed by atoms with E-state index in [2.05, 4.69) is 5.32 Å². The van der Waals surface area contributed by atoms with E-state index >= 15 is 0 Å². The van der Waals surface area contributed by atoms with Crippen LogP contribution in [0, 0.1) is 12.7 Å². The summed E-state index contributed by atoms with van der Waals surface area (Å²) in [6, 6.07) is 11.3. The second kappa shape index (κ2) is 7.21. The van der Waals surface area contributed by atoms with Gasteiger partial charge in [0.1, 0.15) is 10.7 Å². The first kappa shape index (κ1) is 17.4. The molecule has 2 aromatic carbocycles. The van der Waals surface area contributed by atoms with Crippen LogP contribution in [0.4, 0.5) is 10.1 Å². The molecule has 7 heteroatoms. The van der Waals surface area contributed by atoms with E-state index in [-0.39, 0.29) is 9.90 Å². The topological polar surface area (TPSA) is 55.4 Å². The Morgan fingerprint density at radius 3 is 2.64 bits per heavy atom. The number of thiophene rings is 1. The predicted octanol–water partition coefficient (Wildman–Crippen LogP) is 4.80. The summed E-state index contributed by atoms with van der Waals surface area (Å²) in [6.07, 6.45) is 0. The van der Waals surface area contributed by atoms with Gasteiger partial charge < -0.3 is 10.1 Å². The number of anilines is 1. The normalized spacial score (nSPS) is 10.7. The zero-order valence-corrected chi connectivity index (χ0v) is 14.7. The van der Waals surface area contributed by atoms with E-state index < -0.39 is 24.3 Å². The number of nitrogens with one attached hydrogen (secondary N) is 1. The average molecular weight is 378 g/mol. The van der Waals surface area contributed by atoms with Crippen molar-refractivity contribution in [2.75, 3.05) is 11.9 Å². The monoisotopic (exact) mass is 377 g/mol. The molecule has 0 aliphatic heterocycles. The van der Waals surface area contributed by atoms with Crippen LogP contribution in [0.5, 0.6) is 0 Å². The highest BCUT2D eigenvalue weighted by Crippen LogP contribution is 2.36. The van der Waals surface area contributed by atoms with Crippen molar-refractivity contribution < 1.29 is 18.7 Å². The lowest BCUT2D eigenvalue weighted by molar-refractivity contribution is -0.119. The van der Waals surface area contributed by atoms with Gasteiger partial charge in [-0.05, 0) is 37.3 Å². The molecule has 1 amide bonds. The molecule has 3 rings (SSSR count). The lowest BCUT2D eigenvalue weighted by Gasteiger charge is -2.06. The number of esters is 1. The summed E-state index contributed by atoms with van der Waals surface area (Å²) in [4.78, 5) is 24.2. The Morgan fingerprint density at radius 2 is 1.92 bits per heavy atom. The highest BCUT2D eigenvalue weighted by atomic mass is 35.5. The molecule has 0 saturated heterocycles. The minimum Gasteiger partial charge on any atom is -0.451 e. The van der Waals surface area contributed by atoms with Crippen LogP contribution in [0.1, 0.15) is 15.2 Å². The van der Waals surface area contributed by atoms with Gasteiger partial charge in [-0.25, -0.2) is 9.18 Å². The number of aryl methyl sites for hydroxylation is 1. The fourth-order valence-electron chi connectivity index (χ4n) is 2.20. The summed E-state index contributed by atoms with van der Waals surface area (Å²) >= 11 is 7.18. The molecule has 0 saturated carbocycles. The maximum absolute atomic E-state index is 13.3. The van der Waals surface area contributed by atoms with Crippen LogP contribution < -0.4 is 5.32 Å². The van der Waals surface area contributed by atoms with Crippen molar-refractivity contribution in [1.29, 1.82) is 0 Å². The second-order valence-electron chi connectivity index (χ2n) is 5.38. The van der Waals surface area contributed by atoms with Gasteiger partial charge in [0.15, 0.2) is 6.61 Å². The maximum atomic E-state index is 13.3. The Morgan fingerprint density at radius 1 is 1.20 bits per heavy atom. The summed E-state index contributed by atoms with van der Waals surface area (Å²) in [7, 11) is 0. The maximum Gasteiger partial charge on any atom is 0.350 e. The van der Waals surface area contributed by atoms with Crippen molar-refractivity contribution in [1.82, 2.24) is 0 Å². The predicted molar refractivity (Wildman–Crippen MR) is 96.9 cm³/mol. The number of halogens is 2. The molecular weight excluding hydrogens is 365 g/mol. The van der Waals surface area contributed by atoms with Gasteiger partial charge in [-0.3, -0.25) is 4.79 Å². The minimum absolute atomic E-state index is 0.144. The number of carbonyl (C=O) groups excluding carboxylic acids is 2. The van der Waals surface area contributed by atoms with Crippen molar-refractivity contribution in [2.24, 2.45) is 0 Å². The van der Waals surface area contributed by atoms with Crippen LogP contribution in [0.2, 0.25) is 5.02 Å². The van der Waals surface area contributed by atoms with E-state index in [4.69, 9.17) is 16.3 Å². The molecule has 0 aliphatic carbocycles. The summed E-state index contributed by atoms with van der Waals surface area (Å²) < 4.78 is 18.8. The Hall–Kier alpha value is -2.44. The third-order valence-corrected chi connectivity index (χ3v) is 5.08. The van der Waals surface area contributed by atoms with E-state index in [0.29, 0.717) is 15.8 Å². The number of hydrogen-bond acceptors (Lipinski definition) is 4. The number of ether oxygens (including phenoxy) is 1. The number of carbonyl (C=O) groups is 2. The van der Waals surface area contributed by atoms with Gasteiger partial charge in [0.2, 0.25) is 0 Å². The Labute approximate surface area is 152 Å². The number of hydrogen-bond donors (Lipinski definition) is 1. The minimum atomic E-state index is -0.717. The SMILES string of the molecule is Cc1ccc(NC(=O)COC(=O)c2sc3cc(F)ccc3c2Cl)cc1. The van der Waals surface area contributed by atoms with Gasteiger partial charge in [-0.1, -0.05) is 29.3 Å². The lowest BCUT2D eigenvalue weighted by Crippen LogP contribution is -2.20. The third-order valence-electron chi connectivity index (χ3n) is 3.45. The molecule has 1 heterocycles. The van der Waals surface area contributed by atoms with Gasteiger partial charge in [-0.15, -0.1) is 11.3 Å². The molecule has 0 aliphatic rings. The Kier molecular flexibility index (Phi) is 5.01. The molecule has 3 aromatic rings. The van der Waals surface area contributed by atoms with Crippen molar-refractivity contribution in [3.63, 3.8) is 0 Å². The molecule has 0 bridgehead atoms. The summed E-state index contributed by atoms with van der Waals surface area (Å²) in [5.41, 5.74) is 1.68. The van der Waals surface area contributed by atoms with E-state index in [9.17, 15) is 14.0 Å². The molecule has 4 nitrogen and oxygen atoms in total. The smallest absolute Gasteiger partial charge is 0.350 e. The van der Waals surface area contributed by atoms with Crippen molar-refractivity contribution in [3.8, 4) is 0 Å². The zero-order chi connectivity index (χ0) is 18.0. The summed E-state index contributed by atoms with van der Waals surface area (Å²) in [5, 5.41) is 3.40. The van der Waals surface area contributed by atoms with Crippen LogP contribution in [0.3, 0.4) is 0 Å². The first-order chi connectivity index (χ1) is 11.9. The number of rotatable bonds is 4. The van der Waals surface area contributed by atoms with Gasteiger partial charge in [0.05, 0.1) is 5.02 Å². The Bertz CT molecular complexity index is 953. The van der Waals surface area contributed by atoms with Crippen molar-refractivity contribution in [3.05, 3.63) is 63.7 Å². The first-order valence-electron chi connectivity index (χ1n) is 7.35. The number of amides is 1. The Balaban J connectivity index is 1.65. The highest BCUT2D eigenvalue weighted by Gasteiger charge is 2.19. The molecule has 1 N–H and O–H groups in total. The molecule has 25 heavy (non-hydrogen) atoms. The van der Waals surface area contributed by atoms with Crippen LogP contribution in [0.15, 0.2) is 42.5 Å². The van der Waals surface area contributed by atoms with Crippen molar-refractivity contribution >= 4 is 50.6 Å². The number of fused-ring (bicyclic) bond motifs is 1. The molecule has 0 fully saturated rings. The van der Waals surface area contributed by atoms with Gasteiger partial charge >= 0.3 is 5.97 Å². The van der Waals surface area contributed by atoms with Gasteiger partial charge in [0.25, 0.3) is 5.91 Å².